The van der Waals surface area contributed by atoms with Crippen molar-refractivity contribution in [2.75, 3.05) is 11.3 Å². The van der Waals surface area contributed by atoms with Crippen molar-refractivity contribution in [1.82, 2.24) is 5.32 Å². The Kier molecular flexibility index (Phi) is 7.91. The third kappa shape index (κ3) is 6.02. The van der Waals surface area contributed by atoms with Gasteiger partial charge in [-0.05, 0) is 23.8 Å². The zero-order valence-electron chi connectivity index (χ0n) is 18.1. The topological polar surface area (TPSA) is 154 Å². The molecule has 5 atom stereocenters. The Bertz CT molecular complexity index is 1160. The molecule has 0 aliphatic carbocycles. The number of aliphatic hydroxyl groups is 3. The number of ether oxygens (including phenoxy) is 2. The van der Waals surface area contributed by atoms with E-state index in [1.807, 2.05) is 0 Å². The van der Waals surface area contributed by atoms with E-state index in [1.165, 1.54) is 35.9 Å². The van der Waals surface area contributed by atoms with E-state index in [1.54, 1.807) is 12.1 Å². The number of halogens is 3. The number of hydrogen-bond donors (Lipinski definition) is 5. The highest BCUT2D eigenvalue weighted by molar-refractivity contribution is 7.93. The summed E-state index contributed by atoms with van der Waals surface area (Å²) in [6, 6.07) is 10.1. The first-order valence-electron chi connectivity index (χ1n) is 10.2. The molecule has 10 nitrogen and oxygen atoms in total. The first kappa shape index (κ1) is 26.7. The van der Waals surface area contributed by atoms with Gasteiger partial charge >= 0.3 is 15.5 Å². The van der Waals surface area contributed by atoms with E-state index in [-0.39, 0.29) is 17.0 Å². The second-order valence-electron chi connectivity index (χ2n) is 7.68. The van der Waals surface area contributed by atoms with Crippen LogP contribution in [0.3, 0.4) is 0 Å². The summed E-state index contributed by atoms with van der Waals surface area (Å²) in [4.78, 5) is 11.6. The van der Waals surface area contributed by atoms with Crippen molar-refractivity contribution in [1.29, 1.82) is 0 Å². The van der Waals surface area contributed by atoms with Crippen LogP contribution < -0.4 is 14.8 Å². The minimum atomic E-state index is -5.64. The predicted molar refractivity (Wildman–Crippen MR) is 116 cm³/mol. The minimum absolute atomic E-state index is 0.101. The van der Waals surface area contributed by atoms with Crippen molar-refractivity contribution in [2.24, 2.45) is 0 Å². The fourth-order valence-electron chi connectivity index (χ4n) is 3.47. The predicted octanol–water partition coefficient (Wildman–Crippen LogP) is 0.938. The normalized spacial score (nSPS) is 25.1. The molecule has 1 aliphatic heterocycles. The van der Waals surface area contributed by atoms with Crippen molar-refractivity contribution in [3.05, 3.63) is 48.5 Å². The molecule has 1 saturated heterocycles. The third-order valence-electron chi connectivity index (χ3n) is 5.11. The van der Waals surface area contributed by atoms with Gasteiger partial charge in [0, 0.05) is 18.2 Å². The van der Waals surface area contributed by atoms with Crippen molar-refractivity contribution in [3.63, 3.8) is 0 Å². The molecule has 0 bridgehead atoms. The van der Waals surface area contributed by atoms with Gasteiger partial charge in [0.05, 0.1) is 6.61 Å². The second kappa shape index (κ2) is 10.4. The first-order valence-corrected chi connectivity index (χ1v) is 11.7. The quantitative estimate of drug-likeness (QED) is 0.361. The standard InChI is InChI=1S/C21H23F3N2O8S/c1-11(28)25-17-19(30)18(29)16(10-27)34-20(17)33-15-8-3-2-7-14(15)12-5-4-6-13(9-12)26-35(31,32)21(22,23)24/h2-9,16-20,26-27,29-30H,10H2,1H3,(H,25,28). The Hall–Kier alpha value is -2.91. The van der Waals surface area contributed by atoms with Gasteiger partial charge in [-0.15, -0.1) is 0 Å². The lowest BCUT2D eigenvalue weighted by Crippen LogP contribution is -2.65. The number of para-hydroxylation sites is 1. The highest BCUT2D eigenvalue weighted by atomic mass is 32.2. The van der Waals surface area contributed by atoms with Gasteiger partial charge in [-0.3, -0.25) is 9.52 Å². The van der Waals surface area contributed by atoms with Gasteiger partial charge in [0.2, 0.25) is 12.2 Å². The van der Waals surface area contributed by atoms with Crippen molar-refractivity contribution >= 4 is 21.6 Å². The lowest BCUT2D eigenvalue weighted by Gasteiger charge is -2.42. The van der Waals surface area contributed by atoms with Crippen molar-refractivity contribution in [3.8, 4) is 16.9 Å². The van der Waals surface area contributed by atoms with Crippen LogP contribution in [0, 0.1) is 0 Å². The van der Waals surface area contributed by atoms with E-state index in [4.69, 9.17) is 9.47 Å². The van der Waals surface area contributed by atoms with E-state index in [2.05, 4.69) is 5.32 Å². The van der Waals surface area contributed by atoms with E-state index >= 15 is 0 Å². The number of hydrogen-bond acceptors (Lipinski definition) is 8. The van der Waals surface area contributed by atoms with Crippen LogP contribution in [0.25, 0.3) is 11.1 Å². The number of amides is 1. The molecule has 1 aliphatic rings. The maximum Gasteiger partial charge on any atom is 0.516 e. The number of carbonyl (C=O) groups excluding carboxylic acids is 1. The van der Waals surface area contributed by atoms with Gasteiger partial charge in [-0.2, -0.15) is 21.6 Å². The van der Waals surface area contributed by atoms with Crippen molar-refractivity contribution < 1.29 is 51.2 Å². The fourth-order valence-corrected chi connectivity index (χ4v) is 4.02. The molecule has 1 amide bonds. The van der Waals surface area contributed by atoms with Crippen LogP contribution in [0.4, 0.5) is 18.9 Å². The number of anilines is 1. The number of carbonyl (C=O) groups is 1. The minimum Gasteiger partial charge on any atom is -0.462 e. The molecule has 0 saturated carbocycles. The molecule has 2 aromatic rings. The third-order valence-corrected chi connectivity index (χ3v) is 6.23. The largest absolute Gasteiger partial charge is 0.516 e. The molecular formula is C21H23F3N2O8S. The summed E-state index contributed by atoms with van der Waals surface area (Å²) in [6.45, 7) is 0.518. The maximum atomic E-state index is 12.7. The molecule has 14 heteroatoms. The van der Waals surface area contributed by atoms with Gasteiger partial charge in [0.15, 0.2) is 0 Å². The smallest absolute Gasteiger partial charge is 0.462 e. The van der Waals surface area contributed by atoms with Gasteiger partial charge < -0.3 is 30.1 Å². The van der Waals surface area contributed by atoms with E-state index < -0.39 is 58.7 Å². The summed E-state index contributed by atoms with van der Waals surface area (Å²) in [5.41, 5.74) is -5.27. The number of rotatable bonds is 7. The average molecular weight is 520 g/mol. The maximum absolute atomic E-state index is 12.7. The molecule has 5 unspecified atom stereocenters. The van der Waals surface area contributed by atoms with Crippen LogP contribution in [0.2, 0.25) is 0 Å². The molecule has 5 N–H and O–H groups in total. The average Bonchev–Trinajstić information content (AvgIpc) is 2.78. The van der Waals surface area contributed by atoms with Gasteiger partial charge in [0.1, 0.15) is 30.1 Å². The van der Waals surface area contributed by atoms with Gasteiger partial charge in [0.25, 0.3) is 0 Å². The Balaban J connectivity index is 1.94. The summed E-state index contributed by atoms with van der Waals surface area (Å²) >= 11 is 0. The number of alkyl halides is 3. The van der Waals surface area contributed by atoms with Crippen LogP contribution in [0.5, 0.6) is 5.75 Å². The highest BCUT2D eigenvalue weighted by Gasteiger charge is 2.47. The van der Waals surface area contributed by atoms with Crippen molar-refractivity contribution in [2.45, 2.75) is 43.1 Å². The van der Waals surface area contributed by atoms with Crippen LogP contribution in [0.1, 0.15) is 6.92 Å². The summed E-state index contributed by atoms with van der Waals surface area (Å²) in [5.74, 6) is -0.456. The highest BCUT2D eigenvalue weighted by Crippen LogP contribution is 2.35. The van der Waals surface area contributed by atoms with Gasteiger partial charge in [-0.25, -0.2) is 0 Å². The monoisotopic (exact) mass is 520 g/mol. The number of nitrogens with one attached hydrogen (secondary N) is 2. The Morgan fingerprint density at radius 3 is 2.43 bits per heavy atom. The number of aliphatic hydroxyl groups excluding tert-OH is 3. The second-order valence-corrected chi connectivity index (χ2v) is 9.35. The van der Waals surface area contributed by atoms with Crippen LogP contribution in [-0.4, -0.2) is 72.4 Å². The Morgan fingerprint density at radius 2 is 1.80 bits per heavy atom. The molecule has 0 radical (unpaired) electrons. The fraction of sp³-hybridized carbons (Fsp3) is 0.381. The van der Waals surface area contributed by atoms with Gasteiger partial charge in [-0.1, -0.05) is 30.3 Å². The molecule has 2 aromatic carbocycles. The summed E-state index contributed by atoms with van der Waals surface area (Å²) in [6.07, 6.45) is -5.68. The molecule has 0 aromatic heterocycles. The number of benzene rings is 2. The summed E-state index contributed by atoms with van der Waals surface area (Å²) in [7, 11) is -5.64. The Labute approximate surface area is 198 Å². The molecule has 192 valence electrons. The zero-order chi connectivity index (χ0) is 26.0. The Morgan fingerprint density at radius 1 is 1.11 bits per heavy atom. The molecule has 0 spiro atoms. The summed E-state index contributed by atoms with van der Waals surface area (Å²) < 4.78 is 74.0. The molecule has 35 heavy (non-hydrogen) atoms. The summed E-state index contributed by atoms with van der Waals surface area (Å²) in [5, 5.41) is 32.5. The lowest BCUT2D eigenvalue weighted by molar-refractivity contribution is -0.244. The van der Waals surface area contributed by atoms with Crippen LogP contribution in [-0.2, 0) is 19.6 Å². The van der Waals surface area contributed by atoms with E-state index in [9.17, 15) is 41.7 Å². The molecule has 1 heterocycles. The number of sulfonamides is 1. The zero-order valence-corrected chi connectivity index (χ0v) is 19.0. The van der Waals surface area contributed by atoms with Crippen LogP contribution >= 0.6 is 0 Å². The SMILES string of the molecule is CC(=O)NC1C(Oc2ccccc2-c2cccc(NS(=O)(=O)C(F)(F)F)c2)OC(CO)C(O)C1O. The first-order chi connectivity index (χ1) is 16.3. The molecule has 3 rings (SSSR count). The van der Waals surface area contributed by atoms with Crippen LogP contribution in [0.15, 0.2) is 48.5 Å². The lowest BCUT2D eigenvalue weighted by atomic mass is 9.96. The van der Waals surface area contributed by atoms with E-state index in [0.29, 0.717) is 5.56 Å². The molecular weight excluding hydrogens is 497 g/mol. The van der Waals surface area contributed by atoms with E-state index in [0.717, 1.165) is 12.1 Å². The molecule has 1 fully saturated rings.